The van der Waals surface area contributed by atoms with Crippen molar-refractivity contribution in [1.29, 1.82) is 0 Å². The summed E-state index contributed by atoms with van der Waals surface area (Å²) in [6.45, 7) is 1.76. The van der Waals surface area contributed by atoms with Crippen LogP contribution >= 0.6 is 0 Å². The maximum Gasteiger partial charge on any atom is 0.341 e. The first-order chi connectivity index (χ1) is 9.60. The number of benzene rings is 2. The fourth-order valence-corrected chi connectivity index (χ4v) is 2.26. The molecule has 20 heavy (non-hydrogen) atoms. The Bertz CT molecular complexity index is 633. The van der Waals surface area contributed by atoms with E-state index in [2.05, 4.69) is 0 Å². The first kappa shape index (κ1) is 13.9. The summed E-state index contributed by atoms with van der Waals surface area (Å²) < 4.78 is 9.95. The number of carbonyl (C=O) groups excluding carboxylic acids is 1. The molecule has 0 atom stereocenters. The van der Waals surface area contributed by atoms with E-state index in [0.29, 0.717) is 22.4 Å². The average molecular weight is 272 g/mol. The Kier molecular flexibility index (Phi) is 3.94. The molecule has 0 bridgehead atoms. The Balaban J connectivity index is 2.74. The van der Waals surface area contributed by atoms with E-state index in [0.717, 1.165) is 5.56 Å². The molecule has 1 N–H and O–H groups in total. The molecule has 0 aliphatic heterocycles. The number of aromatic hydroxyl groups is 1. The van der Waals surface area contributed by atoms with Crippen molar-refractivity contribution < 1.29 is 19.4 Å². The number of hydrogen-bond donors (Lipinski definition) is 1. The third-order valence-corrected chi connectivity index (χ3v) is 3.19. The van der Waals surface area contributed by atoms with Gasteiger partial charge in [0.15, 0.2) is 0 Å². The van der Waals surface area contributed by atoms with Gasteiger partial charge in [-0.3, -0.25) is 0 Å². The first-order valence-electron chi connectivity index (χ1n) is 6.14. The molecule has 2 rings (SSSR count). The normalized spacial score (nSPS) is 10.2. The third kappa shape index (κ3) is 2.32. The number of hydrogen-bond acceptors (Lipinski definition) is 4. The highest BCUT2D eigenvalue weighted by atomic mass is 16.5. The summed E-state index contributed by atoms with van der Waals surface area (Å²) in [5.74, 6) is -0.124. The summed E-state index contributed by atoms with van der Waals surface area (Å²) in [5, 5.41) is 10.2. The monoisotopic (exact) mass is 272 g/mol. The Morgan fingerprint density at radius 3 is 2.35 bits per heavy atom. The second-order valence-electron chi connectivity index (χ2n) is 4.33. The van der Waals surface area contributed by atoms with E-state index in [-0.39, 0.29) is 5.75 Å². The maximum atomic E-state index is 11.9. The molecule has 4 heteroatoms. The Labute approximate surface area is 117 Å². The molecule has 2 aromatic carbocycles. The van der Waals surface area contributed by atoms with E-state index in [1.807, 2.05) is 30.3 Å². The smallest absolute Gasteiger partial charge is 0.341 e. The lowest BCUT2D eigenvalue weighted by Gasteiger charge is -2.16. The van der Waals surface area contributed by atoms with E-state index in [1.54, 1.807) is 6.92 Å². The van der Waals surface area contributed by atoms with Gasteiger partial charge in [-0.05, 0) is 18.1 Å². The number of esters is 1. The van der Waals surface area contributed by atoms with Crippen LogP contribution in [0.25, 0.3) is 11.1 Å². The van der Waals surface area contributed by atoms with Crippen LogP contribution in [0.2, 0.25) is 0 Å². The van der Waals surface area contributed by atoms with Crippen LogP contribution in [-0.4, -0.2) is 25.3 Å². The van der Waals surface area contributed by atoms with Gasteiger partial charge >= 0.3 is 5.97 Å². The van der Waals surface area contributed by atoms with Crippen molar-refractivity contribution in [2.45, 2.75) is 6.92 Å². The predicted molar refractivity (Wildman–Crippen MR) is 76.2 cm³/mol. The van der Waals surface area contributed by atoms with Crippen molar-refractivity contribution in [1.82, 2.24) is 0 Å². The van der Waals surface area contributed by atoms with Crippen LogP contribution in [0.4, 0.5) is 0 Å². The highest BCUT2D eigenvalue weighted by Gasteiger charge is 2.22. The quantitative estimate of drug-likeness (QED) is 0.872. The number of rotatable bonds is 3. The van der Waals surface area contributed by atoms with Crippen molar-refractivity contribution in [3.05, 3.63) is 47.5 Å². The molecule has 104 valence electrons. The van der Waals surface area contributed by atoms with Gasteiger partial charge in [-0.15, -0.1) is 0 Å². The van der Waals surface area contributed by atoms with Gasteiger partial charge in [-0.25, -0.2) is 4.79 Å². The van der Waals surface area contributed by atoms with Gasteiger partial charge in [0, 0.05) is 11.6 Å². The molecule has 2 aromatic rings. The zero-order chi connectivity index (χ0) is 14.7. The lowest BCUT2D eigenvalue weighted by molar-refractivity contribution is 0.0596. The molecule has 0 aliphatic rings. The molecule has 0 radical (unpaired) electrons. The summed E-state index contributed by atoms with van der Waals surface area (Å²) in [6, 6.07) is 10.8. The van der Waals surface area contributed by atoms with E-state index in [4.69, 9.17) is 9.47 Å². The minimum absolute atomic E-state index is 0.0678. The first-order valence-corrected chi connectivity index (χ1v) is 6.14. The van der Waals surface area contributed by atoms with Crippen molar-refractivity contribution in [2.24, 2.45) is 0 Å². The van der Waals surface area contributed by atoms with Gasteiger partial charge in [-0.1, -0.05) is 30.3 Å². The zero-order valence-corrected chi connectivity index (χ0v) is 11.6. The largest absolute Gasteiger partial charge is 0.507 e. The van der Waals surface area contributed by atoms with E-state index in [1.165, 1.54) is 20.3 Å². The lowest BCUT2D eigenvalue weighted by Crippen LogP contribution is -2.07. The second-order valence-corrected chi connectivity index (χ2v) is 4.33. The standard InChI is InChI=1S/C16H16O4/c1-10-14(11-7-5-4-6-8-11)12(17)9-13(19-2)15(10)16(18)20-3/h4-9,17H,1-3H3. The van der Waals surface area contributed by atoms with Crippen LogP contribution in [0.5, 0.6) is 11.5 Å². The second kappa shape index (κ2) is 5.65. The summed E-state index contributed by atoms with van der Waals surface area (Å²) in [7, 11) is 2.76. The summed E-state index contributed by atoms with van der Waals surface area (Å²) >= 11 is 0. The van der Waals surface area contributed by atoms with Gasteiger partial charge in [0.1, 0.15) is 17.1 Å². The molecule has 0 saturated carbocycles. The Morgan fingerprint density at radius 1 is 1.15 bits per heavy atom. The summed E-state index contributed by atoms with van der Waals surface area (Å²) in [5.41, 5.74) is 2.38. The molecular weight excluding hydrogens is 256 g/mol. The molecular formula is C16H16O4. The van der Waals surface area contributed by atoms with Gasteiger partial charge in [0.05, 0.1) is 14.2 Å². The third-order valence-electron chi connectivity index (χ3n) is 3.19. The summed E-state index contributed by atoms with van der Waals surface area (Å²) in [6.07, 6.45) is 0. The number of phenolic OH excluding ortho intramolecular Hbond substituents is 1. The highest BCUT2D eigenvalue weighted by molar-refractivity contribution is 5.97. The zero-order valence-electron chi connectivity index (χ0n) is 11.6. The van der Waals surface area contributed by atoms with E-state index < -0.39 is 5.97 Å². The highest BCUT2D eigenvalue weighted by Crippen LogP contribution is 2.39. The van der Waals surface area contributed by atoms with E-state index >= 15 is 0 Å². The topological polar surface area (TPSA) is 55.8 Å². The molecule has 0 aromatic heterocycles. The van der Waals surface area contributed by atoms with Gasteiger partial charge in [0.2, 0.25) is 0 Å². The van der Waals surface area contributed by atoms with Gasteiger partial charge < -0.3 is 14.6 Å². The van der Waals surface area contributed by atoms with Crippen LogP contribution in [0, 0.1) is 6.92 Å². The molecule has 0 amide bonds. The van der Waals surface area contributed by atoms with Crippen LogP contribution < -0.4 is 4.74 Å². The molecule has 4 nitrogen and oxygen atoms in total. The Morgan fingerprint density at radius 2 is 1.80 bits per heavy atom. The molecule has 0 spiro atoms. The van der Waals surface area contributed by atoms with Crippen LogP contribution in [0.15, 0.2) is 36.4 Å². The SMILES string of the molecule is COC(=O)c1c(OC)cc(O)c(-c2ccccc2)c1C. The number of carbonyl (C=O) groups is 1. The molecule has 0 unspecified atom stereocenters. The Hall–Kier alpha value is -2.49. The van der Waals surface area contributed by atoms with Crippen molar-refractivity contribution in [3.8, 4) is 22.6 Å². The van der Waals surface area contributed by atoms with Crippen molar-refractivity contribution in [2.75, 3.05) is 14.2 Å². The van der Waals surface area contributed by atoms with Gasteiger partial charge in [-0.2, -0.15) is 0 Å². The number of methoxy groups -OCH3 is 2. The van der Waals surface area contributed by atoms with Crippen molar-refractivity contribution >= 4 is 5.97 Å². The number of phenols is 1. The molecule has 0 heterocycles. The predicted octanol–water partition coefficient (Wildman–Crippen LogP) is 3.16. The summed E-state index contributed by atoms with van der Waals surface area (Å²) in [4.78, 5) is 11.9. The van der Waals surface area contributed by atoms with Crippen LogP contribution in [-0.2, 0) is 4.74 Å². The average Bonchev–Trinajstić information content (AvgIpc) is 2.47. The molecule has 0 fully saturated rings. The van der Waals surface area contributed by atoms with Crippen LogP contribution in [0.1, 0.15) is 15.9 Å². The van der Waals surface area contributed by atoms with Crippen LogP contribution in [0.3, 0.4) is 0 Å². The molecule has 0 aliphatic carbocycles. The minimum Gasteiger partial charge on any atom is -0.507 e. The number of ether oxygens (including phenoxy) is 2. The molecule has 0 saturated heterocycles. The minimum atomic E-state index is -0.489. The lowest BCUT2D eigenvalue weighted by atomic mass is 9.94. The fraction of sp³-hybridized carbons (Fsp3) is 0.188. The maximum absolute atomic E-state index is 11.9. The van der Waals surface area contributed by atoms with E-state index in [9.17, 15) is 9.90 Å². The van der Waals surface area contributed by atoms with Gasteiger partial charge in [0.25, 0.3) is 0 Å². The fourth-order valence-electron chi connectivity index (χ4n) is 2.26. The van der Waals surface area contributed by atoms with Crippen molar-refractivity contribution in [3.63, 3.8) is 0 Å².